The normalized spacial score (nSPS) is 13.0. The van der Waals surface area contributed by atoms with Crippen molar-refractivity contribution in [1.82, 2.24) is 9.80 Å². The van der Waals surface area contributed by atoms with Crippen LogP contribution in [0.15, 0.2) is 48.5 Å². The number of rotatable bonds is 6. The van der Waals surface area contributed by atoms with Crippen LogP contribution in [0.2, 0.25) is 0 Å². The lowest BCUT2D eigenvalue weighted by atomic mass is 10.00. The minimum Gasteiger partial charge on any atom is -0.497 e. The van der Waals surface area contributed by atoms with Gasteiger partial charge in [-0.15, -0.1) is 0 Å². The molecule has 1 heterocycles. The number of nitrogens with zero attached hydrogens (tertiary/aromatic N) is 2. The molecule has 2 aromatic carbocycles. The fourth-order valence-electron chi connectivity index (χ4n) is 3.40. The van der Waals surface area contributed by atoms with Crippen LogP contribution in [-0.4, -0.2) is 41.8 Å². The Hall–Kier alpha value is -2.82. The lowest BCUT2D eigenvalue weighted by Gasteiger charge is -2.30. The van der Waals surface area contributed by atoms with Crippen LogP contribution < -0.4 is 4.74 Å². The highest BCUT2D eigenvalue weighted by Crippen LogP contribution is 2.19. The van der Waals surface area contributed by atoms with Crippen molar-refractivity contribution < 1.29 is 14.3 Å². The first-order valence-corrected chi connectivity index (χ1v) is 9.30. The summed E-state index contributed by atoms with van der Waals surface area (Å²) in [6.45, 7) is 3.88. The van der Waals surface area contributed by atoms with E-state index in [0.29, 0.717) is 26.1 Å². The number of methoxy groups -OCH3 is 1. The Balaban J connectivity index is 1.56. The van der Waals surface area contributed by atoms with Gasteiger partial charge in [0.1, 0.15) is 5.75 Å². The van der Waals surface area contributed by atoms with Crippen molar-refractivity contribution in [2.75, 3.05) is 20.2 Å². The Kier molecular flexibility index (Phi) is 6.12. The quantitative estimate of drug-likeness (QED) is 0.790. The second-order valence-electron chi connectivity index (χ2n) is 6.87. The number of ether oxygens (including phenoxy) is 1. The van der Waals surface area contributed by atoms with Crippen LogP contribution in [0, 0.1) is 0 Å². The number of benzene rings is 2. The fraction of sp³-hybridized carbons (Fsp3) is 0.364. The van der Waals surface area contributed by atoms with Gasteiger partial charge in [-0.3, -0.25) is 9.59 Å². The molecule has 5 nitrogen and oxygen atoms in total. The van der Waals surface area contributed by atoms with Crippen LogP contribution in [0.3, 0.4) is 0 Å². The predicted molar refractivity (Wildman–Crippen MR) is 104 cm³/mol. The molecule has 0 bridgehead atoms. The monoisotopic (exact) mass is 366 g/mol. The molecular formula is C22H26N2O3. The summed E-state index contributed by atoms with van der Waals surface area (Å²) in [6.07, 6.45) is 1.24. The van der Waals surface area contributed by atoms with Crippen molar-refractivity contribution in [3.63, 3.8) is 0 Å². The molecule has 1 aliphatic rings. The molecule has 0 fully saturated rings. The highest BCUT2D eigenvalue weighted by atomic mass is 16.5. The Morgan fingerprint density at radius 2 is 1.78 bits per heavy atom. The Labute approximate surface area is 160 Å². The summed E-state index contributed by atoms with van der Waals surface area (Å²) in [6, 6.07) is 15.9. The Morgan fingerprint density at radius 1 is 1.07 bits per heavy atom. The van der Waals surface area contributed by atoms with E-state index in [1.807, 2.05) is 41.3 Å². The predicted octanol–water partition coefficient (Wildman–Crippen LogP) is 3.02. The SMILES string of the molecule is COc1ccc(CN(CCC(=O)N2CCc3ccccc3C2)C(C)=O)cc1. The first-order valence-electron chi connectivity index (χ1n) is 9.30. The Bertz CT molecular complexity index is 801. The average molecular weight is 366 g/mol. The second-order valence-corrected chi connectivity index (χ2v) is 6.87. The van der Waals surface area contributed by atoms with E-state index < -0.39 is 0 Å². The molecule has 0 unspecified atom stereocenters. The summed E-state index contributed by atoms with van der Waals surface area (Å²) in [7, 11) is 1.63. The van der Waals surface area contributed by atoms with Gasteiger partial charge in [0.15, 0.2) is 0 Å². The number of hydrogen-bond donors (Lipinski definition) is 0. The average Bonchev–Trinajstić information content (AvgIpc) is 2.70. The number of hydrogen-bond acceptors (Lipinski definition) is 3. The van der Waals surface area contributed by atoms with E-state index in [1.54, 1.807) is 18.9 Å². The van der Waals surface area contributed by atoms with E-state index in [2.05, 4.69) is 12.1 Å². The maximum atomic E-state index is 12.6. The molecule has 0 aromatic heterocycles. The van der Waals surface area contributed by atoms with Crippen molar-refractivity contribution in [2.45, 2.75) is 32.9 Å². The molecule has 3 rings (SSSR count). The topological polar surface area (TPSA) is 49.9 Å². The van der Waals surface area contributed by atoms with Crippen LogP contribution in [0.25, 0.3) is 0 Å². The lowest BCUT2D eigenvalue weighted by Crippen LogP contribution is -2.38. The molecule has 142 valence electrons. The van der Waals surface area contributed by atoms with E-state index in [9.17, 15) is 9.59 Å². The van der Waals surface area contributed by atoms with Crippen molar-refractivity contribution in [2.24, 2.45) is 0 Å². The Morgan fingerprint density at radius 3 is 2.44 bits per heavy atom. The van der Waals surface area contributed by atoms with Crippen LogP contribution in [0.1, 0.15) is 30.0 Å². The molecule has 1 aliphatic heterocycles. The van der Waals surface area contributed by atoms with Gasteiger partial charge in [-0.25, -0.2) is 0 Å². The molecule has 0 atom stereocenters. The molecule has 5 heteroatoms. The molecule has 2 amide bonds. The van der Waals surface area contributed by atoms with Gasteiger partial charge < -0.3 is 14.5 Å². The second kappa shape index (κ2) is 8.71. The van der Waals surface area contributed by atoms with Crippen molar-refractivity contribution in [1.29, 1.82) is 0 Å². The third-order valence-corrected chi connectivity index (χ3v) is 5.06. The zero-order valence-electron chi connectivity index (χ0n) is 16.0. The number of amides is 2. The molecule has 0 spiro atoms. The molecule has 0 N–H and O–H groups in total. The van der Waals surface area contributed by atoms with Gasteiger partial charge in [0, 0.05) is 39.5 Å². The molecule has 0 saturated carbocycles. The van der Waals surface area contributed by atoms with Crippen LogP contribution >= 0.6 is 0 Å². The first-order chi connectivity index (χ1) is 13.1. The maximum Gasteiger partial charge on any atom is 0.224 e. The minimum atomic E-state index is -0.0254. The number of carbonyl (C=O) groups is 2. The summed E-state index contributed by atoms with van der Waals surface area (Å²) in [5.41, 5.74) is 3.57. The molecular weight excluding hydrogens is 340 g/mol. The third kappa shape index (κ3) is 4.88. The van der Waals surface area contributed by atoms with Crippen LogP contribution in [0.5, 0.6) is 5.75 Å². The van der Waals surface area contributed by atoms with Crippen molar-refractivity contribution in [3.05, 3.63) is 65.2 Å². The zero-order chi connectivity index (χ0) is 19.2. The smallest absolute Gasteiger partial charge is 0.224 e. The minimum absolute atomic E-state index is 0.0254. The summed E-state index contributed by atoms with van der Waals surface area (Å²) in [5.74, 6) is 0.863. The molecule has 2 aromatic rings. The van der Waals surface area contributed by atoms with Crippen molar-refractivity contribution >= 4 is 11.8 Å². The van der Waals surface area contributed by atoms with Gasteiger partial charge >= 0.3 is 0 Å². The van der Waals surface area contributed by atoms with Crippen molar-refractivity contribution in [3.8, 4) is 5.75 Å². The largest absolute Gasteiger partial charge is 0.497 e. The van der Waals surface area contributed by atoms with Crippen LogP contribution in [-0.2, 0) is 29.1 Å². The van der Waals surface area contributed by atoms with Gasteiger partial charge in [-0.2, -0.15) is 0 Å². The number of carbonyl (C=O) groups excluding carboxylic acids is 2. The van der Waals surface area contributed by atoms with E-state index >= 15 is 0 Å². The summed E-state index contributed by atoms with van der Waals surface area (Å²) < 4.78 is 5.16. The van der Waals surface area contributed by atoms with Gasteiger partial charge in [0.05, 0.1) is 7.11 Å². The van der Waals surface area contributed by atoms with E-state index in [4.69, 9.17) is 4.74 Å². The fourth-order valence-corrected chi connectivity index (χ4v) is 3.40. The van der Waals surface area contributed by atoms with Gasteiger partial charge in [-0.05, 0) is 35.2 Å². The number of fused-ring (bicyclic) bond motifs is 1. The standard InChI is InChI=1S/C22H26N2O3/c1-17(25)23(15-18-7-9-21(27-2)10-8-18)14-12-22(26)24-13-11-19-5-3-4-6-20(19)16-24/h3-10H,11-16H2,1-2H3. The van der Waals surface area contributed by atoms with Crippen LogP contribution in [0.4, 0.5) is 0 Å². The van der Waals surface area contributed by atoms with Gasteiger partial charge in [0.2, 0.25) is 11.8 Å². The zero-order valence-corrected chi connectivity index (χ0v) is 16.0. The highest BCUT2D eigenvalue weighted by molar-refractivity contribution is 5.78. The highest BCUT2D eigenvalue weighted by Gasteiger charge is 2.21. The van der Waals surface area contributed by atoms with E-state index in [0.717, 1.165) is 24.3 Å². The van der Waals surface area contributed by atoms with E-state index in [1.165, 1.54) is 11.1 Å². The summed E-state index contributed by atoms with van der Waals surface area (Å²) in [5, 5.41) is 0. The summed E-state index contributed by atoms with van der Waals surface area (Å²) >= 11 is 0. The van der Waals surface area contributed by atoms with Gasteiger partial charge in [-0.1, -0.05) is 36.4 Å². The molecule has 0 radical (unpaired) electrons. The molecule has 0 saturated heterocycles. The molecule has 27 heavy (non-hydrogen) atoms. The summed E-state index contributed by atoms with van der Waals surface area (Å²) in [4.78, 5) is 28.3. The van der Waals surface area contributed by atoms with E-state index in [-0.39, 0.29) is 11.8 Å². The lowest BCUT2D eigenvalue weighted by molar-refractivity contribution is -0.134. The maximum absolute atomic E-state index is 12.6. The first kappa shape index (κ1) is 19.0. The third-order valence-electron chi connectivity index (χ3n) is 5.06. The molecule has 0 aliphatic carbocycles. The van der Waals surface area contributed by atoms with Gasteiger partial charge in [0.25, 0.3) is 0 Å².